The summed E-state index contributed by atoms with van der Waals surface area (Å²) in [6, 6.07) is 6.11. The van der Waals surface area contributed by atoms with Crippen molar-refractivity contribution >= 4 is 29.9 Å². The first-order valence-corrected chi connectivity index (χ1v) is 8.51. The minimum absolute atomic E-state index is 0. The maximum atomic E-state index is 12.4. The van der Waals surface area contributed by atoms with Gasteiger partial charge in [0.2, 0.25) is 11.8 Å². The fourth-order valence-corrected chi connectivity index (χ4v) is 3.55. The lowest BCUT2D eigenvalue weighted by molar-refractivity contribution is -0.126. The molecule has 4 N–H and O–H groups in total. The van der Waals surface area contributed by atoms with Crippen LogP contribution >= 0.6 is 12.4 Å². The van der Waals surface area contributed by atoms with Gasteiger partial charge in [0.25, 0.3) is 0 Å². The zero-order valence-corrected chi connectivity index (χ0v) is 14.8. The molecular weight excluding hydrogens is 326 g/mol. The summed E-state index contributed by atoms with van der Waals surface area (Å²) >= 11 is 0. The predicted molar refractivity (Wildman–Crippen MR) is 97.1 cm³/mol. The molecule has 3 atom stereocenters. The number of anilines is 1. The maximum absolute atomic E-state index is 12.4. The highest BCUT2D eigenvalue weighted by Crippen LogP contribution is 2.27. The van der Waals surface area contributed by atoms with Crippen molar-refractivity contribution < 1.29 is 9.59 Å². The van der Waals surface area contributed by atoms with Gasteiger partial charge >= 0.3 is 0 Å². The fourth-order valence-electron chi connectivity index (χ4n) is 3.55. The van der Waals surface area contributed by atoms with Gasteiger partial charge in [-0.15, -0.1) is 12.4 Å². The Morgan fingerprint density at radius 2 is 2.12 bits per heavy atom. The number of halogens is 1. The van der Waals surface area contributed by atoms with E-state index >= 15 is 0 Å². The van der Waals surface area contributed by atoms with E-state index in [1.165, 1.54) is 0 Å². The summed E-state index contributed by atoms with van der Waals surface area (Å²) in [5.41, 5.74) is 9.09. The third-order valence-corrected chi connectivity index (χ3v) is 4.97. The first kappa shape index (κ1) is 18.7. The Kier molecular flexibility index (Phi) is 6.24. The second-order valence-electron chi connectivity index (χ2n) is 6.82. The summed E-state index contributed by atoms with van der Waals surface area (Å²) in [5.74, 6) is 0.219. The molecule has 6 heteroatoms. The summed E-state index contributed by atoms with van der Waals surface area (Å²) in [4.78, 5) is 23.8. The predicted octanol–water partition coefficient (Wildman–Crippen LogP) is 2.69. The van der Waals surface area contributed by atoms with Crippen LogP contribution in [0.3, 0.4) is 0 Å². The van der Waals surface area contributed by atoms with Crippen LogP contribution in [0.15, 0.2) is 18.2 Å². The van der Waals surface area contributed by atoms with Crippen LogP contribution in [0, 0.1) is 5.92 Å². The molecule has 1 aliphatic heterocycles. The lowest BCUT2D eigenvalue weighted by atomic mass is 9.85. The molecule has 1 heterocycles. The minimum Gasteiger partial charge on any atom is -0.349 e. The minimum atomic E-state index is -0.0384. The molecule has 1 aromatic carbocycles. The second kappa shape index (κ2) is 7.99. The van der Waals surface area contributed by atoms with Crippen molar-refractivity contribution in [2.45, 2.75) is 57.5 Å². The van der Waals surface area contributed by atoms with E-state index in [0.717, 1.165) is 48.9 Å². The Bertz CT molecular complexity index is 620. The van der Waals surface area contributed by atoms with E-state index < -0.39 is 0 Å². The van der Waals surface area contributed by atoms with Gasteiger partial charge in [-0.3, -0.25) is 9.59 Å². The summed E-state index contributed by atoms with van der Waals surface area (Å²) < 4.78 is 0. The van der Waals surface area contributed by atoms with Crippen molar-refractivity contribution in [1.82, 2.24) is 5.32 Å². The fraction of sp³-hybridized carbons (Fsp3) is 0.556. The molecular formula is C18H26ClN3O2. The van der Waals surface area contributed by atoms with Crippen LogP contribution in [-0.4, -0.2) is 17.9 Å². The van der Waals surface area contributed by atoms with E-state index in [1.54, 1.807) is 0 Å². The van der Waals surface area contributed by atoms with Crippen LogP contribution in [0.25, 0.3) is 0 Å². The molecule has 0 saturated heterocycles. The van der Waals surface area contributed by atoms with Crippen molar-refractivity contribution in [2.24, 2.45) is 11.7 Å². The number of nitrogens with two attached hydrogens (primary N) is 1. The molecule has 3 unspecified atom stereocenters. The zero-order valence-electron chi connectivity index (χ0n) is 14.0. The molecule has 1 aliphatic carbocycles. The third kappa shape index (κ3) is 4.28. The van der Waals surface area contributed by atoms with Gasteiger partial charge in [0.05, 0.1) is 6.04 Å². The number of nitrogens with one attached hydrogen (secondary N) is 2. The van der Waals surface area contributed by atoms with Crippen molar-refractivity contribution in [2.75, 3.05) is 5.32 Å². The summed E-state index contributed by atoms with van der Waals surface area (Å²) in [5, 5.41) is 6.00. The monoisotopic (exact) mass is 351 g/mol. The lowest BCUT2D eigenvalue weighted by Gasteiger charge is -2.27. The SMILES string of the molecule is CC(NC(=O)C1CCCC(N)C1)c1ccc2c(c1)CCC(=O)N2.Cl. The van der Waals surface area contributed by atoms with E-state index in [-0.39, 0.29) is 42.2 Å². The first-order chi connectivity index (χ1) is 11.0. The highest BCUT2D eigenvalue weighted by molar-refractivity contribution is 5.93. The van der Waals surface area contributed by atoms with Crippen molar-refractivity contribution in [3.8, 4) is 0 Å². The molecule has 1 saturated carbocycles. The Balaban J connectivity index is 0.00000208. The molecule has 2 aliphatic rings. The van der Waals surface area contributed by atoms with Gasteiger partial charge in [0.15, 0.2) is 0 Å². The Hall–Kier alpha value is -1.59. The van der Waals surface area contributed by atoms with E-state index in [2.05, 4.69) is 16.7 Å². The zero-order chi connectivity index (χ0) is 16.4. The Morgan fingerprint density at radius 3 is 2.88 bits per heavy atom. The summed E-state index contributed by atoms with van der Waals surface area (Å²) in [6.07, 6.45) is 5.06. The van der Waals surface area contributed by atoms with Crippen LogP contribution in [0.5, 0.6) is 0 Å². The van der Waals surface area contributed by atoms with Gasteiger partial charge in [-0.1, -0.05) is 18.6 Å². The van der Waals surface area contributed by atoms with Gasteiger partial charge in [-0.2, -0.15) is 0 Å². The van der Waals surface area contributed by atoms with E-state index in [1.807, 2.05) is 19.1 Å². The molecule has 0 radical (unpaired) electrons. The van der Waals surface area contributed by atoms with Gasteiger partial charge in [0, 0.05) is 24.1 Å². The molecule has 5 nitrogen and oxygen atoms in total. The van der Waals surface area contributed by atoms with E-state index in [9.17, 15) is 9.59 Å². The Labute approximate surface area is 149 Å². The number of carbonyl (C=O) groups is 2. The molecule has 0 bridgehead atoms. The number of amides is 2. The topological polar surface area (TPSA) is 84.2 Å². The lowest BCUT2D eigenvalue weighted by Crippen LogP contribution is -2.38. The van der Waals surface area contributed by atoms with Crippen LogP contribution < -0.4 is 16.4 Å². The standard InChI is InChI=1S/C18H25N3O2.ClH/c1-11(20-18(23)14-3-2-4-15(19)10-14)12-5-7-16-13(9-12)6-8-17(22)21-16;/h5,7,9,11,14-15H,2-4,6,8,10,19H2,1H3,(H,20,23)(H,21,22);1H. The van der Waals surface area contributed by atoms with Crippen molar-refractivity contribution in [1.29, 1.82) is 0 Å². The molecule has 132 valence electrons. The largest absolute Gasteiger partial charge is 0.349 e. The van der Waals surface area contributed by atoms with Crippen molar-refractivity contribution in [3.63, 3.8) is 0 Å². The van der Waals surface area contributed by atoms with Crippen LogP contribution in [0.4, 0.5) is 5.69 Å². The summed E-state index contributed by atoms with van der Waals surface area (Å²) in [7, 11) is 0. The highest BCUT2D eigenvalue weighted by atomic mass is 35.5. The van der Waals surface area contributed by atoms with Gasteiger partial charge in [-0.25, -0.2) is 0 Å². The molecule has 1 fully saturated rings. The van der Waals surface area contributed by atoms with Crippen molar-refractivity contribution in [3.05, 3.63) is 29.3 Å². The molecule has 2 amide bonds. The number of benzene rings is 1. The smallest absolute Gasteiger partial charge is 0.224 e. The van der Waals surface area contributed by atoms with E-state index in [0.29, 0.717) is 6.42 Å². The Morgan fingerprint density at radius 1 is 1.33 bits per heavy atom. The number of hydrogen-bond acceptors (Lipinski definition) is 3. The van der Waals surface area contributed by atoms with Gasteiger partial charge < -0.3 is 16.4 Å². The molecule has 1 aromatic rings. The van der Waals surface area contributed by atoms with Crippen LogP contribution in [-0.2, 0) is 16.0 Å². The average molecular weight is 352 g/mol. The number of fused-ring (bicyclic) bond motifs is 1. The number of hydrogen-bond donors (Lipinski definition) is 3. The second-order valence-corrected chi connectivity index (χ2v) is 6.82. The number of aryl methyl sites for hydroxylation is 1. The molecule has 0 spiro atoms. The average Bonchev–Trinajstić information content (AvgIpc) is 2.54. The molecule has 0 aromatic heterocycles. The van der Waals surface area contributed by atoms with Gasteiger partial charge in [-0.05, 0) is 49.8 Å². The maximum Gasteiger partial charge on any atom is 0.224 e. The quantitative estimate of drug-likeness (QED) is 0.782. The summed E-state index contributed by atoms with van der Waals surface area (Å²) in [6.45, 7) is 2.00. The van der Waals surface area contributed by atoms with Gasteiger partial charge in [0.1, 0.15) is 0 Å². The first-order valence-electron chi connectivity index (χ1n) is 8.51. The number of rotatable bonds is 3. The normalized spacial score (nSPS) is 24.2. The molecule has 24 heavy (non-hydrogen) atoms. The third-order valence-electron chi connectivity index (χ3n) is 4.97. The highest BCUT2D eigenvalue weighted by Gasteiger charge is 2.26. The number of carbonyl (C=O) groups excluding carboxylic acids is 2. The van der Waals surface area contributed by atoms with Crippen LogP contribution in [0.1, 0.15) is 56.2 Å². The van der Waals surface area contributed by atoms with Crippen LogP contribution in [0.2, 0.25) is 0 Å². The van der Waals surface area contributed by atoms with E-state index in [4.69, 9.17) is 5.73 Å². The molecule has 3 rings (SSSR count).